The number of para-hydroxylation sites is 1. The van der Waals surface area contributed by atoms with Crippen molar-refractivity contribution in [2.45, 2.75) is 25.9 Å². The standard InChI is InChI=1S/C14H18N4O3/c1-8(15)13(19)16-9(2)14-17-12(18-21-14)10-6-4-5-7-11(10)20-3/h4-9H,15H2,1-3H3,(H,16,19)/t8-,9?/m0/s1. The molecular formula is C14H18N4O3. The van der Waals surface area contributed by atoms with Gasteiger partial charge < -0.3 is 20.3 Å². The number of aromatic nitrogens is 2. The lowest BCUT2D eigenvalue weighted by Crippen LogP contribution is -2.39. The van der Waals surface area contributed by atoms with Gasteiger partial charge in [-0.25, -0.2) is 0 Å². The Morgan fingerprint density at radius 3 is 2.76 bits per heavy atom. The van der Waals surface area contributed by atoms with Crippen molar-refractivity contribution in [3.8, 4) is 17.1 Å². The van der Waals surface area contributed by atoms with E-state index in [1.165, 1.54) is 0 Å². The Morgan fingerprint density at radius 1 is 1.38 bits per heavy atom. The number of hydrogen-bond acceptors (Lipinski definition) is 6. The summed E-state index contributed by atoms with van der Waals surface area (Å²) < 4.78 is 10.4. The van der Waals surface area contributed by atoms with Crippen molar-refractivity contribution in [2.24, 2.45) is 5.73 Å². The Balaban J connectivity index is 2.20. The summed E-state index contributed by atoms with van der Waals surface area (Å²) >= 11 is 0. The van der Waals surface area contributed by atoms with Crippen LogP contribution >= 0.6 is 0 Å². The molecule has 1 aromatic carbocycles. The first kappa shape index (κ1) is 15.0. The summed E-state index contributed by atoms with van der Waals surface area (Å²) in [5.41, 5.74) is 6.22. The molecule has 0 aliphatic rings. The van der Waals surface area contributed by atoms with Crippen LogP contribution in [0.2, 0.25) is 0 Å². The van der Waals surface area contributed by atoms with Crippen LogP contribution in [0.25, 0.3) is 11.4 Å². The van der Waals surface area contributed by atoms with Gasteiger partial charge in [0, 0.05) is 0 Å². The smallest absolute Gasteiger partial charge is 0.249 e. The molecule has 1 unspecified atom stereocenters. The van der Waals surface area contributed by atoms with Crippen molar-refractivity contribution < 1.29 is 14.1 Å². The maximum Gasteiger partial charge on any atom is 0.249 e. The fourth-order valence-electron chi connectivity index (χ4n) is 1.76. The first-order chi connectivity index (χ1) is 10.0. The van der Waals surface area contributed by atoms with E-state index in [2.05, 4.69) is 15.5 Å². The number of nitrogens with zero attached hydrogens (tertiary/aromatic N) is 2. The molecule has 0 spiro atoms. The summed E-state index contributed by atoms with van der Waals surface area (Å²) in [5, 5.41) is 6.62. The highest BCUT2D eigenvalue weighted by molar-refractivity contribution is 5.81. The van der Waals surface area contributed by atoms with Crippen molar-refractivity contribution in [1.29, 1.82) is 0 Å². The van der Waals surface area contributed by atoms with Crippen LogP contribution in [0.5, 0.6) is 5.75 Å². The van der Waals surface area contributed by atoms with Gasteiger partial charge in [0.15, 0.2) is 0 Å². The number of carbonyl (C=O) groups excluding carboxylic acids is 1. The van der Waals surface area contributed by atoms with E-state index in [1.807, 2.05) is 24.3 Å². The average Bonchev–Trinajstić information content (AvgIpc) is 2.96. The Hall–Kier alpha value is -2.41. The van der Waals surface area contributed by atoms with E-state index < -0.39 is 12.1 Å². The second-order valence-corrected chi connectivity index (χ2v) is 4.68. The van der Waals surface area contributed by atoms with E-state index in [4.69, 9.17) is 15.0 Å². The molecule has 3 N–H and O–H groups in total. The summed E-state index contributed by atoms with van der Waals surface area (Å²) in [6.45, 7) is 3.36. The minimum atomic E-state index is -0.593. The average molecular weight is 290 g/mol. The number of methoxy groups -OCH3 is 1. The second-order valence-electron chi connectivity index (χ2n) is 4.68. The molecule has 0 radical (unpaired) electrons. The second kappa shape index (κ2) is 6.36. The molecule has 1 aromatic heterocycles. The molecule has 2 rings (SSSR count). The van der Waals surface area contributed by atoms with Crippen molar-refractivity contribution >= 4 is 5.91 Å². The number of nitrogens with one attached hydrogen (secondary N) is 1. The maximum absolute atomic E-state index is 11.6. The predicted molar refractivity (Wildman–Crippen MR) is 76.5 cm³/mol. The molecule has 7 heteroatoms. The van der Waals surface area contributed by atoms with Crippen molar-refractivity contribution in [3.63, 3.8) is 0 Å². The molecule has 1 heterocycles. The van der Waals surface area contributed by atoms with Crippen LogP contribution in [-0.2, 0) is 4.79 Å². The predicted octanol–water partition coefficient (Wildman–Crippen LogP) is 1.27. The van der Waals surface area contributed by atoms with Gasteiger partial charge >= 0.3 is 0 Å². The summed E-state index contributed by atoms with van der Waals surface area (Å²) in [4.78, 5) is 15.8. The molecule has 2 aromatic rings. The van der Waals surface area contributed by atoms with E-state index in [-0.39, 0.29) is 5.91 Å². The largest absolute Gasteiger partial charge is 0.496 e. The van der Waals surface area contributed by atoms with E-state index >= 15 is 0 Å². The molecule has 0 aliphatic carbocycles. The number of rotatable bonds is 5. The Kier molecular flexibility index (Phi) is 4.54. The Bertz CT molecular complexity index is 624. The normalized spacial score (nSPS) is 13.5. The van der Waals surface area contributed by atoms with Crippen molar-refractivity contribution in [1.82, 2.24) is 15.5 Å². The van der Waals surface area contributed by atoms with Gasteiger partial charge in [-0.2, -0.15) is 4.98 Å². The zero-order chi connectivity index (χ0) is 15.4. The van der Waals surface area contributed by atoms with Crippen molar-refractivity contribution in [2.75, 3.05) is 7.11 Å². The van der Waals surface area contributed by atoms with E-state index in [0.29, 0.717) is 17.5 Å². The number of nitrogens with two attached hydrogens (primary N) is 1. The zero-order valence-electron chi connectivity index (χ0n) is 12.2. The van der Waals surface area contributed by atoms with Crippen LogP contribution in [0.4, 0.5) is 0 Å². The highest BCUT2D eigenvalue weighted by Gasteiger charge is 2.19. The van der Waals surface area contributed by atoms with Gasteiger partial charge in [0.25, 0.3) is 0 Å². The first-order valence-electron chi connectivity index (χ1n) is 6.56. The van der Waals surface area contributed by atoms with Gasteiger partial charge in [0.1, 0.15) is 11.8 Å². The molecule has 21 heavy (non-hydrogen) atoms. The van der Waals surface area contributed by atoms with E-state index in [9.17, 15) is 4.79 Å². The van der Waals surface area contributed by atoms with Gasteiger partial charge in [0.05, 0.1) is 18.7 Å². The fraction of sp³-hybridized carbons (Fsp3) is 0.357. The van der Waals surface area contributed by atoms with Crippen LogP contribution in [0, 0.1) is 0 Å². The minimum Gasteiger partial charge on any atom is -0.496 e. The van der Waals surface area contributed by atoms with Crippen LogP contribution in [0.3, 0.4) is 0 Å². The van der Waals surface area contributed by atoms with Gasteiger partial charge in [-0.3, -0.25) is 4.79 Å². The van der Waals surface area contributed by atoms with E-state index in [1.54, 1.807) is 21.0 Å². The topological polar surface area (TPSA) is 103 Å². The van der Waals surface area contributed by atoms with Crippen LogP contribution < -0.4 is 15.8 Å². The highest BCUT2D eigenvalue weighted by Crippen LogP contribution is 2.27. The molecule has 0 fully saturated rings. The maximum atomic E-state index is 11.6. The molecule has 7 nitrogen and oxygen atoms in total. The zero-order valence-corrected chi connectivity index (χ0v) is 12.2. The summed E-state index contributed by atoms with van der Waals surface area (Å²) in [6.07, 6.45) is 0. The van der Waals surface area contributed by atoms with Crippen LogP contribution in [0.15, 0.2) is 28.8 Å². The number of ether oxygens (including phenoxy) is 1. The molecule has 0 saturated carbocycles. The third-order valence-corrected chi connectivity index (χ3v) is 2.93. The van der Waals surface area contributed by atoms with Crippen molar-refractivity contribution in [3.05, 3.63) is 30.2 Å². The fourth-order valence-corrected chi connectivity index (χ4v) is 1.76. The SMILES string of the molecule is COc1ccccc1-c1noc(C(C)NC(=O)[C@H](C)N)n1. The molecular weight excluding hydrogens is 272 g/mol. The first-order valence-corrected chi connectivity index (χ1v) is 6.56. The van der Waals surface area contributed by atoms with Gasteiger partial charge in [-0.05, 0) is 26.0 Å². The third-order valence-electron chi connectivity index (χ3n) is 2.93. The number of amides is 1. The van der Waals surface area contributed by atoms with Crippen LogP contribution in [-0.4, -0.2) is 29.2 Å². The van der Waals surface area contributed by atoms with Gasteiger partial charge in [-0.15, -0.1) is 0 Å². The molecule has 112 valence electrons. The summed E-state index contributed by atoms with van der Waals surface area (Å²) in [5.74, 6) is 1.09. The number of carbonyl (C=O) groups is 1. The van der Waals surface area contributed by atoms with E-state index in [0.717, 1.165) is 5.56 Å². The lowest BCUT2D eigenvalue weighted by Gasteiger charge is -2.11. The molecule has 0 bridgehead atoms. The summed E-state index contributed by atoms with van der Waals surface area (Å²) in [6, 6.07) is 6.35. The van der Waals surface area contributed by atoms with Gasteiger partial charge in [0.2, 0.25) is 17.6 Å². The molecule has 1 amide bonds. The number of hydrogen-bond donors (Lipinski definition) is 2. The lowest BCUT2D eigenvalue weighted by molar-refractivity contribution is -0.122. The third kappa shape index (κ3) is 3.38. The Labute approximate surface area is 122 Å². The number of benzene rings is 1. The monoisotopic (exact) mass is 290 g/mol. The highest BCUT2D eigenvalue weighted by atomic mass is 16.5. The minimum absolute atomic E-state index is 0.278. The van der Waals surface area contributed by atoms with Crippen LogP contribution in [0.1, 0.15) is 25.8 Å². The summed E-state index contributed by atoms with van der Waals surface area (Å²) in [7, 11) is 1.57. The quantitative estimate of drug-likeness (QED) is 0.859. The lowest BCUT2D eigenvalue weighted by atomic mass is 10.2. The molecule has 0 saturated heterocycles. The molecule has 0 aliphatic heterocycles. The van der Waals surface area contributed by atoms with Gasteiger partial charge in [-0.1, -0.05) is 17.3 Å². The Morgan fingerprint density at radius 2 is 2.10 bits per heavy atom. The molecule has 2 atom stereocenters.